The fraction of sp³-hybridized carbons (Fsp3) is 0.333. The van der Waals surface area contributed by atoms with Gasteiger partial charge in [-0.15, -0.1) is 0 Å². The van der Waals surface area contributed by atoms with E-state index in [2.05, 4.69) is 4.98 Å². The van der Waals surface area contributed by atoms with Gasteiger partial charge in [0.05, 0.1) is 19.8 Å². The Labute approximate surface area is 136 Å². The zero-order valence-electron chi connectivity index (χ0n) is 13.7. The zero-order chi connectivity index (χ0) is 16.8. The van der Waals surface area contributed by atoms with Gasteiger partial charge in [-0.2, -0.15) is 0 Å². The van der Waals surface area contributed by atoms with Crippen molar-refractivity contribution >= 4 is 5.91 Å². The van der Waals surface area contributed by atoms with Crippen LogP contribution in [0, 0.1) is 6.92 Å². The van der Waals surface area contributed by atoms with E-state index in [1.807, 2.05) is 50.2 Å². The van der Waals surface area contributed by atoms with Crippen molar-refractivity contribution < 1.29 is 14.6 Å². The third kappa shape index (κ3) is 4.29. The van der Waals surface area contributed by atoms with Crippen LogP contribution in [0.15, 0.2) is 42.5 Å². The number of rotatable bonds is 6. The fourth-order valence-corrected chi connectivity index (χ4v) is 2.26. The minimum atomic E-state index is -0.299. The molecule has 5 nitrogen and oxygen atoms in total. The summed E-state index contributed by atoms with van der Waals surface area (Å²) < 4.78 is 5.14. The molecule has 1 amide bonds. The van der Waals surface area contributed by atoms with Crippen molar-refractivity contribution in [1.29, 1.82) is 0 Å². The molecule has 1 unspecified atom stereocenters. The maximum atomic E-state index is 12.8. The standard InChI is InChI=1S/C18H22N2O3/c1-13-5-4-6-17(19-13)18(22)20(14(2)12-21)11-15-7-9-16(23-3)10-8-15/h4-10,14,21H,11-12H2,1-3H3. The van der Waals surface area contributed by atoms with Crippen LogP contribution in [0.1, 0.15) is 28.7 Å². The van der Waals surface area contributed by atoms with Crippen LogP contribution in [0.25, 0.3) is 0 Å². The van der Waals surface area contributed by atoms with Crippen LogP contribution in [-0.2, 0) is 6.54 Å². The van der Waals surface area contributed by atoms with Gasteiger partial charge in [-0.1, -0.05) is 18.2 Å². The third-order valence-electron chi connectivity index (χ3n) is 3.68. The molecule has 0 saturated carbocycles. The number of carbonyl (C=O) groups excluding carboxylic acids is 1. The number of hydrogen-bond acceptors (Lipinski definition) is 4. The summed E-state index contributed by atoms with van der Waals surface area (Å²) in [5, 5.41) is 9.48. The number of aryl methyl sites for hydroxylation is 1. The highest BCUT2D eigenvalue weighted by molar-refractivity contribution is 5.92. The van der Waals surface area contributed by atoms with E-state index in [4.69, 9.17) is 4.74 Å². The molecule has 2 aromatic rings. The van der Waals surface area contributed by atoms with Crippen molar-refractivity contribution in [2.24, 2.45) is 0 Å². The van der Waals surface area contributed by atoms with Gasteiger partial charge in [-0.25, -0.2) is 4.98 Å². The quantitative estimate of drug-likeness (QED) is 0.889. The normalized spacial score (nSPS) is 11.8. The van der Waals surface area contributed by atoms with Crippen molar-refractivity contribution in [1.82, 2.24) is 9.88 Å². The summed E-state index contributed by atoms with van der Waals surface area (Å²) in [4.78, 5) is 18.7. The molecule has 0 radical (unpaired) electrons. The topological polar surface area (TPSA) is 62.7 Å². The lowest BCUT2D eigenvalue weighted by Crippen LogP contribution is -2.40. The van der Waals surface area contributed by atoms with Gasteiger partial charge < -0.3 is 14.7 Å². The summed E-state index contributed by atoms with van der Waals surface area (Å²) in [6.07, 6.45) is 0. The summed E-state index contributed by atoms with van der Waals surface area (Å²) >= 11 is 0. The van der Waals surface area contributed by atoms with Gasteiger partial charge >= 0.3 is 0 Å². The smallest absolute Gasteiger partial charge is 0.273 e. The predicted molar refractivity (Wildman–Crippen MR) is 88.4 cm³/mol. The van der Waals surface area contributed by atoms with Gasteiger partial charge in [0.1, 0.15) is 11.4 Å². The first-order valence-electron chi connectivity index (χ1n) is 7.53. The highest BCUT2D eigenvalue weighted by Crippen LogP contribution is 2.16. The van der Waals surface area contributed by atoms with Crippen molar-refractivity contribution in [3.63, 3.8) is 0 Å². The zero-order valence-corrected chi connectivity index (χ0v) is 13.7. The summed E-state index contributed by atoms with van der Waals surface area (Å²) in [5.41, 5.74) is 2.14. The van der Waals surface area contributed by atoms with Gasteiger partial charge in [0, 0.05) is 12.2 Å². The predicted octanol–water partition coefficient (Wildman–Crippen LogP) is 2.42. The Morgan fingerprint density at radius 3 is 2.52 bits per heavy atom. The number of pyridine rings is 1. The fourth-order valence-electron chi connectivity index (χ4n) is 2.26. The van der Waals surface area contributed by atoms with Gasteiger partial charge in [0.25, 0.3) is 5.91 Å². The number of hydrogen-bond donors (Lipinski definition) is 1. The Morgan fingerprint density at radius 1 is 1.26 bits per heavy atom. The highest BCUT2D eigenvalue weighted by Gasteiger charge is 2.22. The van der Waals surface area contributed by atoms with Crippen LogP contribution in [0.3, 0.4) is 0 Å². The monoisotopic (exact) mass is 314 g/mol. The number of aliphatic hydroxyl groups excluding tert-OH is 1. The summed E-state index contributed by atoms with van der Waals surface area (Å²) in [5.74, 6) is 0.577. The van der Waals surface area contributed by atoms with Gasteiger partial charge in [0.2, 0.25) is 0 Å². The molecule has 0 bridgehead atoms. The van der Waals surface area contributed by atoms with Crippen molar-refractivity contribution in [2.45, 2.75) is 26.4 Å². The van der Waals surface area contributed by atoms with Crippen LogP contribution >= 0.6 is 0 Å². The van der Waals surface area contributed by atoms with E-state index < -0.39 is 0 Å². The van der Waals surface area contributed by atoms with E-state index in [0.29, 0.717) is 12.2 Å². The Bertz CT molecular complexity index is 656. The molecule has 0 aliphatic carbocycles. The van der Waals surface area contributed by atoms with Crippen molar-refractivity contribution in [2.75, 3.05) is 13.7 Å². The van der Waals surface area contributed by atoms with Gasteiger partial charge in [0.15, 0.2) is 0 Å². The molecule has 23 heavy (non-hydrogen) atoms. The molecular weight excluding hydrogens is 292 g/mol. The second-order valence-electron chi connectivity index (χ2n) is 5.48. The number of nitrogens with zero attached hydrogens (tertiary/aromatic N) is 2. The number of benzene rings is 1. The highest BCUT2D eigenvalue weighted by atomic mass is 16.5. The van der Waals surface area contributed by atoms with Crippen LogP contribution in [0.2, 0.25) is 0 Å². The lowest BCUT2D eigenvalue weighted by Gasteiger charge is -2.28. The number of aromatic nitrogens is 1. The van der Waals surface area contributed by atoms with Gasteiger partial charge in [-0.05, 0) is 43.7 Å². The number of carbonyl (C=O) groups is 1. The Balaban J connectivity index is 2.23. The summed E-state index contributed by atoms with van der Waals surface area (Å²) in [6.45, 7) is 3.96. The minimum Gasteiger partial charge on any atom is -0.497 e. The molecule has 1 aromatic heterocycles. The lowest BCUT2D eigenvalue weighted by atomic mass is 10.1. The average molecular weight is 314 g/mol. The van der Waals surface area contributed by atoms with Crippen LogP contribution < -0.4 is 4.74 Å². The van der Waals surface area contributed by atoms with Crippen molar-refractivity contribution in [3.05, 3.63) is 59.4 Å². The molecule has 1 N–H and O–H groups in total. The maximum absolute atomic E-state index is 12.8. The van der Waals surface area contributed by atoms with Gasteiger partial charge in [-0.3, -0.25) is 4.79 Å². The third-order valence-corrected chi connectivity index (χ3v) is 3.68. The second-order valence-corrected chi connectivity index (χ2v) is 5.48. The first-order chi connectivity index (χ1) is 11.0. The number of ether oxygens (including phenoxy) is 1. The molecule has 2 rings (SSSR count). The lowest BCUT2D eigenvalue weighted by molar-refractivity contribution is 0.0592. The SMILES string of the molecule is COc1ccc(CN(C(=O)c2cccc(C)n2)C(C)CO)cc1. The first-order valence-corrected chi connectivity index (χ1v) is 7.53. The molecule has 1 aromatic carbocycles. The van der Waals surface area contributed by atoms with E-state index in [1.165, 1.54) is 0 Å². The molecule has 0 spiro atoms. The molecular formula is C18H22N2O3. The van der Waals surface area contributed by atoms with E-state index >= 15 is 0 Å². The number of amides is 1. The molecule has 5 heteroatoms. The Morgan fingerprint density at radius 2 is 1.96 bits per heavy atom. The molecule has 1 heterocycles. The molecule has 122 valence electrons. The van der Waals surface area contributed by atoms with E-state index in [1.54, 1.807) is 18.1 Å². The van der Waals surface area contributed by atoms with Crippen LogP contribution in [-0.4, -0.2) is 40.7 Å². The average Bonchev–Trinajstić information content (AvgIpc) is 2.59. The number of aliphatic hydroxyl groups is 1. The Kier molecular flexibility index (Phi) is 5.71. The van der Waals surface area contributed by atoms with E-state index in [9.17, 15) is 9.90 Å². The largest absolute Gasteiger partial charge is 0.497 e. The van der Waals surface area contributed by atoms with E-state index in [-0.39, 0.29) is 18.6 Å². The molecule has 1 atom stereocenters. The summed E-state index contributed by atoms with van der Waals surface area (Å²) in [6, 6.07) is 12.6. The van der Waals surface area contributed by atoms with E-state index in [0.717, 1.165) is 17.0 Å². The molecule has 0 aliphatic rings. The molecule has 0 aliphatic heterocycles. The minimum absolute atomic E-state index is 0.103. The molecule has 0 saturated heterocycles. The number of methoxy groups -OCH3 is 1. The van der Waals surface area contributed by atoms with Crippen molar-refractivity contribution in [3.8, 4) is 5.75 Å². The van der Waals surface area contributed by atoms with Crippen LogP contribution in [0.4, 0.5) is 0 Å². The maximum Gasteiger partial charge on any atom is 0.273 e. The Hall–Kier alpha value is -2.40. The summed E-state index contributed by atoms with van der Waals surface area (Å²) in [7, 11) is 1.61. The molecule has 0 fully saturated rings. The second kappa shape index (κ2) is 7.74. The first kappa shape index (κ1) is 17.0. The van der Waals surface area contributed by atoms with Crippen LogP contribution in [0.5, 0.6) is 5.75 Å².